The number of halogens is 1. The summed E-state index contributed by atoms with van der Waals surface area (Å²) in [5.41, 5.74) is 6.21. The van der Waals surface area contributed by atoms with Crippen LogP contribution in [-0.2, 0) is 13.1 Å². The van der Waals surface area contributed by atoms with Crippen LogP contribution in [0.2, 0.25) is 0 Å². The topological polar surface area (TPSA) is 68.2 Å². The maximum absolute atomic E-state index is 14.0. The Hall–Kier alpha value is -1.79. The molecule has 1 aromatic carbocycles. The van der Waals surface area contributed by atoms with Gasteiger partial charge in [0.05, 0.1) is 13.1 Å². The molecule has 2 unspecified atom stereocenters. The third kappa shape index (κ3) is 2.96. The Morgan fingerprint density at radius 3 is 2.95 bits per heavy atom. The number of likely N-dealkylation sites (tertiary alicyclic amines) is 1. The van der Waals surface area contributed by atoms with Crippen molar-refractivity contribution in [1.29, 1.82) is 0 Å². The van der Waals surface area contributed by atoms with Crippen LogP contribution in [0.25, 0.3) is 0 Å². The Morgan fingerprint density at radius 2 is 2.24 bits per heavy atom. The molecule has 112 valence electrons. The standard InChI is InChI=1S/C15H19FN4O/c1-10-6-13(11-4-2-3-5-12(11)16)20(8-10)9-14-18-15(7-17)21-19-14/h2-5,10,13H,6-9,17H2,1H3. The van der Waals surface area contributed by atoms with E-state index in [0.717, 1.165) is 18.5 Å². The average Bonchev–Trinajstić information content (AvgIpc) is 3.06. The number of nitrogens with two attached hydrogens (primary N) is 1. The molecule has 1 aliphatic rings. The van der Waals surface area contributed by atoms with E-state index in [1.807, 2.05) is 12.1 Å². The normalized spacial score (nSPS) is 22.8. The van der Waals surface area contributed by atoms with Crippen molar-refractivity contribution in [2.75, 3.05) is 6.54 Å². The van der Waals surface area contributed by atoms with Gasteiger partial charge in [0, 0.05) is 18.2 Å². The highest BCUT2D eigenvalue weighted by Gasteiger charge is 2.33. The number of hydrogen-bond donors (Lipinski definition) is 1. The van der Waals surface area contributed by atoms with Gasteiger partial charge in [0.1, 0.15) is 5.82 Å². The minimum atomic E-state index is -0.155. The van der Waals surface area contributed by atoms with E-state index in [1.165, 1.54) is 6.07 Å². The summed E-state index contributed by atoms with van der Waals surface area (Å²) >= 11 is 0. The maximum atomic E-state index is 14.0. The SMILES string of the molecule is CC1CC(c2ccccc2F)N(Cc2noc(CN)n2)C1. The van der Waals surface area contributed by atoms with Crippen LogP contribution >= 0.6 is 0 Å². The van der Waals surface area contributed by atoms with E-state index < -0.39 is 0 Å². The molecule has 2 heterocycles. The number of rotatable bonds is 4. The predicted octanol–water partition coefficient (Wildman–Crippen LogP) is 2.25. The fourth-order valence-electron chi connectivity index (χ4n) is 2.99. The summed E-state index contributed by atoms with van der Waals surface area (Å²) < 4.78 is 19.1. The van der Waals surface area contributed by atoms with Crippen molar-refractivity contribution in [3.8, 4) is 0 Å². The molecule has 0 aliphatic carbocycles. The quantitative estimate of drug-likeness (QED) is 0.935. The minimum absolute atomic E-state index is 0.0565. The van der Waals surface area contributed by atoms with Crippen LogP contribution in [0.3, 0.4) is 0 Å². The predicted molar refractivity (Wildman–Crippen MR) is 75.5 cm³/mol. The molecule has 1 saturated heterocycles. The van der Waals surface area contributed by atoms with Crippen LogP contribution in [0, 0.1) is 11.7 Å². The second-order valence-corrected chi connectivity index (χ2v) is 5.62. The van der Waals surface area contributed by atoms with Gasteiger partial charge in [0.15, 0.2) is 5.82 Å². The summed E-state index contributed by atoms with van der Waals surface area (Å²) in [5, 5.41) is 3.92. The summed E-state index contributed by atoms with van der Waals surface area (Å²) in [6.07, 6.45) is 0.933. The molecule has 2 aromatic rings. The number of aromatic nitrogens is 2. The van der Waals surface area contributed by atoms with Crippen molar-refractivity contribution in [2.45, 2.75) is 32.5 Å². The van der Waals surface area contributed by atoms with Crippen molar-refractivity contribution in [3.63, 3.8) is 0 Å². The molecule has 2 N–H and O–H groups in total. The molecular formula is C15H19FN4O. The molecule has 1 aliphatic heterocycles. The van der Waals surface area contributed by atoms with E-state index >= 15 is 0 Å². The Bertz CT molecular complexity index is 615. The summed E-state index contributed by atoms with van der Waals surface area (Å²) in [4.78, 5) is 6.43. The second kappa shape index (κ2) is 5.91. The summed E-state index contributed by atoms with van der Waals surface area (Å²) in [6, 6.07) is 7.01. The molecule has 0 radical (unpaired) electrons. The van der Waals surface area contributed by atoms with Gasteiger partial charge in [-0.05, 0) is 18.4 Å². The first-order valence-electron chi connectivity index (χ1n) is 7.17. The van der Waals surface area contributed by atoms with Crippen LogP contribution in [-0.4, -0.2) is 21.6 Å². The monoisotopic (exact) mass is 290 g/mol. The van der Waals surface area contributed by atoms with Gasteiger partial charge < -0.3 is 10.3 Å². The average molecular weight is 290 g/mol. The van der Waals surface area contributed by atoms with Crippen LogP contribution in [0.4, 0.5) is 4.39 Å². The van der Waals surface area contributed by atoms with Crippen molar-refractivity contribution in [1.82, 2.24) is 15.0 Å². The Kier molecular flexibility index (Phi) is 3.98. The third-order valence-corrected chi connectivity index (χ3v) is 3.91. The van der Waals surface area contributed by atoms with E-state index in [2.05, 4.69) is 22.0 Å². The zero-order valence-corrected chi connectivity index (χ0v) is 12.0. The first kappa shape index (κ1) is 14.2. The van der Waals surface area contributed by atoms with Crippen molar-refractivity contribution in [2.24, 2.45) is 11.7 Å². The first-order chi connectivity index (χ1) is 10.2. The number of benzene rings is 1. The molecule has 2 atom stereocenters. The lowest BCUT2D eigenvalue weighted by Gasteiger charge is -2.23. The Morgan fingerprint density at radius 1 is 1.43 bits per heavy atom. The molecule has 1 aromatic heterocycles. The second-order valence-electron chi connectivity index (χ2n) is 5.62. The maximum Gasteiger partial charge on any atom is 0.240 e. The van der Waals surface area contributed by atoms with Gasteiger partial charge >= 0.3 is 0 Å². The van der Waals surface area contributed by atoms with Crippen LogP contribution in [0.1, 0.15) is 36.7 Å². The molecule has 3 rings (SSSR count). The van der Waals surface area contributed by atoms with E-state index in [1.54, 1.807) is 6.07 Å². The van der Waals surface area contributed by atoms with Gasteiger partial charge in [-0.2, -0.15) is 4.98 Å². The Labute approximate surface area is 122 Å². The fourth-order valence-corrected chi connectivity index (χ4v) is 2.99. The highest BCUT2D eigenvalue weighted by Crippen LogP contribution is 2.36. The number of hydrogen-bond acceptors (Lipinski definition) is 5. The molecular weight excluding hydrogens is 271 g/mol. The van der Waals surface area contributed by atoms with Crippen molar-refractivity contribution < 1.29 is 8.91 Å². The molecule has 6 heteroatoms. The molecule has 1 fully saturated rings. The number of nitrogens with zero attached hydrogens (tertiary/aromatic N) is 3. The molecule has 0 amide bonds. The van der Waals surface area contributed by atoms with E-state index in [0.29, 0.717) is 24.2 Å². The van der Waals surface area contributed by atoms with E-state index in [-0.39, 0.29) is 18.4 Å². The van der Waals surface area contributed by atoms with Gasteiger partial charge in [-0.3, -0.25) is 4.90 Å². The summed E-state index contributed by atoms with van der Waals surface area (Å²) in [7, 11) is 0. The van der Waals surface area contributed by atoms with Gasteiger partial charge in [0.2, 0.25) is 5.89 Å². The molecule has 0 saturated carbocycles. The lowest BCUT2D eigenvalue weighted by atomic mass is 10.0. The summed E-state index contributed by atoms with van der Waals surface area (Å²) in [6.45, 7) is 3.86. The van der Waals surface area contributed by atoms with Gasteiger partial charge in [-0.15, -0.1) is 0 Å². The van der Waals surface area contributed by atoms with Gasteiger partial charge in [-0.1, -0.05) is 30.3 Å². The summed E-state index contributed by atoms with van der Waals surface area (Å²) in [5.74, 6) is 1.39. The van der Waals surface area contributed by atoms with Crippen molar-refractivity contribution >= 4 is 0 Å². The lowest BCUT2D eigenvalue weighted by Crippen LogP contribution is -2.24. The smallest absolute Gasteiger partial charge is 0.240 e. The largest absolute Gasteiger partial charge is 0.338 e. The molecule has 0 spiro atoms. The van der Waals surface area contributed by atoms with Gasteiger partial charge in [-0.25, -0.2) is 4.39 Å². The molecule has 21 heavy (non-hydrogen) atoms. The molecule has 5 nitrogen and oxygen atoms in total. The zero-order valence-electron chi connectivity index (χ0n) is 12.0. The highest BCUT2D eigenvalue weighted by molar-refractivity contribution is 5.22. The lowest BCUT2D eigenvalue weighted by molar-refractivity contribution is 0.231. The molecule has 0 bridgehead atoms. The van der Waals surface area contributed by atoms with Gasteiger partial charge in [0.25, 0.3) is 0 Å². The fraction of sp³-hybridized carbons (Fsp3) is 0.467. The van der Waals surface area contributed by atoms with Crippen LogP contribution < -0.4 is 5.73 Å². The van der Waals surface area contributed by atoms with Crippen LogP contribution in [0.15, 0.2) is 28.8 Å². The van der Waals surface area contributed by atoms with E-state index in [4.69, 9.17) is 10.3 Å². The van der Waals surface area contributed by atoms with Crippen LogP contribution in [0.5, 0.6) is 0 Å². The van der Waals surface area contributed by atoms with E-state index in [9.17, 15) is 4.39 Å². The Balaban J connectivity index is 1.81. The highest BCUT2D eigenvalue weighted by atomic mass is 19.1. The van der Waals surface area contributed by atoms with Crippen molar-refractivity contribution in [3.05, 3.63) is 47.4 Å². The minimum Gasteiger partial charge on any atom is -0.338 e. The third-order valence-electron chi connectivity index (χ3n) is 3.91. The first-order valence-corrected chi connectivity index (χ1v) is 7.17. The zero-order chi connectivity index (χ0) is 14.8.